The maximum atomic E-state index is 12.6. The highest BCUT2D eigenvalue weighted by Gasteiger charge is 2.16. The van der Waals surface area contributed by atoms with Crippen LogP contribution < -0.4 is 10.2 Å². The number of hydrogen-bond acceptors (Lipinski definition) is 5. The Kier molecular flexibility index (Phi) is 5.16. The Bertz CT molecular complexity index is 1260. The lowest BCUT2D eigenvalue weighted by Crippen LogP contribution is -2.23. The number of nitrogens with zero attached hydrogens (tertiary/aromatic N) is 3. The molecule has 7 nitrogen and oxygen atoms in total. The number of amides is 2. The van der Waals surface area contributed by atoms with Crippen LogP contribution in [-0.4, -0.2) is 33.8 Å². The molecule has 2 N–H and O–H groups in total. The largest absolute Gasteiger partial charge is 0.345 e. The van der Waals surface area contributed by atoms with E-state index in [2.05, 4.69) is 26.8 Å². The van der Waals surface area contributed by atoms with Crippen molar-refractivity contribution in [1.29, 1.82) is 0 Å². The molecule has 0 saturated heterocycles. The Morgan fingerprint density at radius 3 is 2.73 bits per heavy atom. The maximum absolute atomic E-state index is 12.6. The number of hydrogen-bond donors (Lipinski definition) is 2. The Morgan fingerprint density at radius 2 is 2.00 bits per heavy atom. The standard InChI is InChI=1S/C22H19N5O2S/c1-4-18(28)27(3)15-9-7-14(8-10-15)21(29)26-22-25-19(13(2)30-22)17-12-24-20-16(17)6-5-11-23-20/h4-12H,1H2,2-3H3,(H,23,24)(H,25,26,29). The summed E-state index contributed by atoms with van der Waals surface area (Å²) >= 11 is 1.42. The van der Waals surface area contributed by atoms with Crippen LogP contribution in [0.25, 0.3) is 22.3 Å². The van der Waals surface area contributed by atoms with Gasteiger partial charge in [0, 0.05) is 46.5 Å². The third-order valence-corrected chi connectivity index (χ3v) is 5.63. The normalized spacial score (nSPS) is 10.7. The van der Waals surface area contributed by atoms with Gasteiger partial charge < -0.3 is 9.88 Å². The number of thiazole rings is 1. The van der Waals surface area contributed by atoms with Gasteiger partial charge >= 0.3 is 0 Å². The number of carbonyl (C=O) groups excluding carboxylic acids is 2. The lowest BCUT2D eigenvalue weighted by atomic mass is 10.1. The van der Waals surface area contributed by atoms with Gasteiger partial charge in [-0.2, -0.15) is 0 Å². The SMILES string of the molecule is C=CC(=O)N(C)c1ccc(C(=O)Nc2nc(-c3c[nH]c4ncccc34)c(C)s2)cc1. The van der Waals surface area contributed by atoms with Gasteiger partial charge in [0.25, 0.3) is 5.91 Å². The van der Waals surface area contributed by atoms with Gasteiger partial charge in [-0.05, 0) is 49.4 Å². The van der Waals surface area contributed by atoms with Gasteiger partial charge in [0.2, 0.25) is 5.91 Å². The van der Waals surface area contributed by atoms with Gasteiger partial charge in [-0.1, -0.05) is 6.58 Å². The topological polar surface area (TPSA) is 91.0 Å². The molecular formula is C22H19N5O2S. The quantitative estimate of drug-likeness (QED) is 0.471. The molecule has 8 heteroatoms. The number of aromatic amines is 1. The molecule has 150 valence electrons. The van der Waals surface area contributed by atoms with E-state index in [9.17, 15) is 9.59 Å². The molecule has 4 rings (SSSR count). The van der Waals surface area contributed by atoms with Gasteiger partial charge in [0.05, 0.1) is 5.69 Å². The van der Waals surface area contributed by atoms with E-state index in [1.165, 1.54) is 22.3 Å². The van der Waals surface area contributed by atoms with Crippen LogP contribution in [0.4, 0.5) is 10.8 Å². The van der Waals surface area contributed by atoms with E-state index in [0.29, 0.717) is 16.4 Å². The second kappa shape index (κ2) is 7.92. The molecule has 0 atom stereocenters. The number of likely N-dealkylation sites (N-methyl/N-ethyl adjacent to an activating group) is 1. The molecule has 1 aromatic carbocycles. The number of rotatable bonds is 5. The molecule has 4 aromatic rings. The fourth-order valence-electron chi connectivity index (χ4n) is 3.12. The summed E-state index contributed by atoms with van der Waals surface area (Å²) in [5, 5.41) is 4.36. The molecule has 0 aliphatic rings. The number of H-pyrrole nitrogens is 1. The van der Waals surface area contributed by atoms with Gasteiger partial charge in [-0.3, -0.25) is 14.9 Å². The number of benzene rings is 1. The molecule has 0 aliphatic carbocycles. The molecule has 0 fully saturated rings. The zero-order valence-electron chi connectivity index (χ0n) is 16.5. The first-order chi connectivity index (χ1) is 14.5. The van der Waals surface area contributed by atoms with E-state index in [-0.39, 0.29) is 11.8 Å². The number of aromatic nitrogens is 3. The Hall–Kier alpha value is -3.78. The van der Waals surface area contributed by atoms with E-state index in [1.54, 1.807) is 37.5 Å². The molecule has 30 heavy (non-hydrogen) atoms. The second-order valence-corrected chi connectivity index (χ2v) is 7.83. The van der Waals surface area contributed by atoms with Crippen LogP contribution in [0.1, 0.15) is 15.2 Å². The summed E-state index contributed by atoms with van der Waals surface area (Å²) in [6, 6.07) is 10.6. The van der Waals surface area contributed by atoms with Crippen molar-refractivity contribution in [2.24, 2.45) is 0 Å². The molecule has 0 unspecified atom stereocenters. The predicted octanol–water partition coefficient (Wildman–Crippen LogP) is 4.40. The maximum Gasteiger partial charge on any atom is 0.257 e. The number of carbonyl (C=O) groups is 2. The highest BCUT2D eigenvalue weighted by molar-refractivity contribution is 7.16. The summed E-state index contributed by atoms with van der Waals surface area (Å²) in [5.41, 5.74) is 3.72. The lowest BCUT2D eigenvalue weighted by molar-refractivity contribution is -0.113. The van der Waals surface area contributed by atoms with Crippen LogP contribution in [0.15, 0.2) is 61.4 Å². The van der Waals surface area contributed by atoms with Crippen molar-refractivity contribution >= 4 is 45.0 Å². The van der Waals surface area contributed by atoms with E-state index >= 15 is 0 Å². The first kappa shape index (κ1) is 19.5. The molecule has 0 aliphatic heterocycles. The van der Waals surface area contributed by atoms with Crippen molar-refractivity contribution in [2.45, 2.75) is 6.92 Å². The molecule has 0 saturated carbocycles. The van der Waals surface area contributed by atoms with Crippen LogP contribution in [0.2, 0.25) is 0 Å². The summed E-state index contributed by atoms with van der Waals surface area (Å²) in [7, 11) is 1.65. The minimum atomic E-state index is -0.264. The van der Waals surface area contributed by atoms with Crippen LogP contribution in [0.5, 0.6) is 0 Å². The van der Waals surface area contributed by atoms with Crippen molar-refractivity contribution in [3.8, 4) is 11.3 Å². The molecular weight excluding hydrogens is 398 g/mol. The molecule has 3 aromatic heterocycles. The number of pyridine rings is 1. The second-order valence-electron chi connectivity index (χ2n) is 6.63. The molecule has 2 amide bonds. The minimum absolute atomic E-state index is 0.217. The third-order valence-electron chi connectivity index (χ3n) is 4.75. The fourth-order valence-corrected chi connectivity index (χ4v) is 3.94. The molecule has 0 spiro atoms. The average Bonchev–Trinajstić information content (AvgIpc) is 3.35. The Balaban J connectivity index is 1.54. The number of aryl methyl sites for hydroxylation is 1. The summed E-state index contributed by atoms with van der Waals surface area (Å²) in [4.78, 5) is 38.9. The molecule has 0 bridgehead atoms. The summed E-state index contributed by atoms with van der Waals surface area (Å²) < 4.78 is 0. The number of fused-ring (bicyclic) bond motifs is 1. The highest BCUT2D eigenvalue weighted by Crippen LogP contribution is 2.34. The summed E-state index contributed by atoms with van der Waals surface area (Å²) in [6.45, 7) is 5.45. The lowest BCUT2D eigenvalue weighted by Gasteiger charge is -2.15. The van der Waals surface area contributed by atoms with Crippen LogP contribution in [0.3, 0.4) is 0 Å². The monoisotopic (exact) mass is 417 g/mol. The zero-order valence-corrected chi connectivity index (χ0v) is 17.3. The number of anilines is 2. The summed E-state index contributed by atoms with van der Waals surface area (Å²) in [6.07, 6.45) is 4.86. The van der Waals surface area contributed by atoms with Crippen LogP contribution >= 0.6 is 11.3 Å². The van der Waals surface area contributed by atoms with E-state index in [0.717, 1.165) is 27.2 Å². The van der Waals surface area contributed by atoms with E-state index < -0.39 is 0 Å². The van der Waals surface area contributed by atoms with E-state index in [4.69, 9.17) is 0 Å². The third kappa shape index (κ3) is 3.60. The van der Waals surface area contributed by atoms with Gasteiger partial charge in [0.1, 0.15) is 5.65 Å². The predicted molar refractivity (Wildman–Crippen MR) is 120 cm³/mol. The van der Waals surface area contributed by atoms with Crippen molar-refractivity contribution in [3.63, 3.8) is 0 Å². The molecule has 0 radical (unpaired) electrons. The van der Waals surface area contributed by atoms with Crippen molar-refractivity contribution in [1.82, 2.24) is 15.0 Å². The summed E-state index contributed by atoms with van der Waals surface area (Å²) in [5.74, 6) is -0.481. The number of nitrogens with one attached hydrogen (secondary N) is 2. The minimum Gasteiger partial charge on any atom is -0.345 e. The zero-order chi connectivity index (χ0) is 21.3. The Labute approximate surface area is 177 Å². The Morgan fingerprint density at radius 1 is 1.23 bits per heavy atom. The van der Waals surface area contributed by atoms with Gasteiger partial charge in [-0.15, -0.1) is 11.3 Å². The van der Waals surface area contributed by atoms with Crippen LogP contribution in [-0.2, 0) is 4.79 Å². The average molecular weight is 417 g/mol. The van der Waals surface area contributed by atoms with Crippen molar-refractivity contribution < 1.29 is 9.59 Å². The first-order valence-corrected chi connectivity index (χ1v) is 10.0. The first-order valence-electron chi connectivity index (χ1n) is 9.19. The smallest absolute Gasteiger partial charge is 0.257 e. The van der Waals surface area contributed by atoms with Gasteiger partial charge in [-0.25, -0.2) is 9.97 Å². The fraction of sp³-hybridized carbons (Fsp3) is 0.0909. The van der Waals surface area contributed by atoms with Gasteiger partial charge in [0.15, 0.2) is 5.13 Å². The van der Waals surface area contributed by atoms with Crippen molar-refractivity contribution in [3.05, 3.63) is 71.9 Å². The molecule has 3 heterocycles. The van der Waals surface area contributed by atoms with Crippen molar-refractivity contribution in [2.75, 3.05) is 17.3 Å². The highest BCUT2D eigenvalue weighted by atomic mass is 32.1. The van der Waals surface area contributed by atoms with Crippen LogP contribution in [0, 0.1) is 6.92 Å². The van der Waals surface area contributed by atoms with E-state index in [1.807, 2.05) is 25.3 Å².